The van der Waals surface area contributed by atoms with E-state index < -0.39 is 0 Å². The van der Waals surface area contributed by atoms with Crippen LogP contribution < -0.4 is 5.32 Å². The van der Waals surface area contributed by atoms with Crippen molar-refractivity contribution in [1.82, 2.24) is 20.4 Å². The van der Waals surface area contributed by atoms with Crippen LogP contribution in [0, 0.1) is 0 Å². The van der Waals surface area contributed by atoms with Crippen LogP contribution in [-0.2, 0) is 0 Å². The zero-order valence-electron chi connectivity index (χ0n) is 13.9. The number of amides is 1. The van der Waals surface area contributed by atoms with E-state index in [-0.39, 0.29) is 5.91 Å². The van der Waals surface area contributed by atoms with Gasteiger partial charge in [0.25, 0.3) is 5.91 Å². The van der Waals surface area contributed by atoms with Gasteiger partial charge in [-0.3, -0.25) is 4.79 Å². The first-order valence-corrected chi connectivity index (χ1v) is 8.57. The van der Waals surface area contributed by atoms with Gasteiger partial charge in [-0.1, -0.05) is 31.5 Å². The van der Waals surface area contributed by atoms with Gasteiger partial charge < -0.3 is 10.2 Å². The second kappa shape index (κ2) is 7.28. The van der Waals surface area contributed by atoms with Gasteiger partial charge in [0.05, 0.1) is 5.69 Å². The summed E-state index contributed by atoms with van der Waals surface area (Å²) in [6.07, 6.45) is 0. The summed E-state index contributed by atoms with van der Waals surface area (Å²) in [5.74, 6) is 0.262. The predicted molar refractivity (Wildman–Crippen MR) is 95.3 cm³/mol. The Labute approximate surface area is 147 Å². The highest BCUT2D eigenvalue weighted by molar-refractivity contribution is 6.30. The molecule has 0 radical (unpaired) electrons. The van der Waals surface area contributed by atoms with E-state index in [4.69, 9.17) is 11.6 Å². The van der Waals surface area contributed by atoms with E-state index in [0.717, 1.165) is 29.9 Å². The summed E-state index contributed by atoms with van der Waals surface area (Å²) in [7, 11) is 0. The molecular weight excluding hydrogens is 324 g/mol. The summed E-state index contributed by atoms with van der Waals surface area (Å²) in [6.45, 7) is 7.28. The topological polar surface area (TPSA) is 58.1 Å². The molecule has 2 aromatic rings. The zero-order chi connectivity index (χ0) is 17.1. The Kier molecular flexibility index (Phi) is 5.11. The molecule has 1 N–H and O–H groups in total. The van der Waals surface area contributed by atoms with Gasteiger partial charge >= 0.3 is 0 Å². The van der Waals surface area contributed by atoms with Crippen LogP contribution in [-0.4, -0.2) is 47.2 Å². The number of hydrogen-bond acceptors (Lipinski definition) is 4. The maximum atomic E-state index is 12.4. The van der Waals surface area contributed by atoms with Crippen LogP contribution in [0.1, 0.15) is 35.8 Å². The Balaban J connectivity index is 1.86. The third-order valence-corrected chi connectivity index (χ3v) is 4.43. The fourth-order valence-corrected chi connectivity index (χ4v) is 3.04. The standard InChI is InChI=1S/C18H21ClN4O/c1-12(2)15-11-13(19)3-4-14(15)16-5-6-17(22-21-16)18(24)23-9-7-20-8-10-23/h3-6,11-12,20H,7-10H2,1-2H3. The number of hydrogen-bond donors (Lipinski definition) is 1. The van der Waals surface area contributed by atoms with Crippen molar-refractivity contribution >= 4 is 17.5 Å². The van der Waals surface area contributed by atoms with Crippen LogP contribution in [0.25, 0.3) is 11.3 Å². The molecule has 1 fully saturated rings. The Bertz CT molecular complexity index is 724. The molecule has 1 aliphatic heterocycles. The SMILES string of the molecule is CC(C)c1cc(Cl)ccc1-c1ccc(C(=O)N2CCNCC2)nn1. The first-order valence-electron chi connectivity index (χ1n) is 8.20. The number of rotatable bonds is 3. The van der Waals surface area contributed by atoms with Crippen molar-refractivity contribution in [1.29, 1.82) is 0 Å². The molecule has 0 spiro atoms. The number of benzene rings is 1. The quantitative estimate of drug-likeness (QED) is 0.930. The van der Waals surface area contributed by atoms with Crippen molar-refractivity contribution in [2.24, 2.45) is 0 Å². The Morgan fingerprint density at radius 3 is 2.54 bits per heavy atom. The summed E-state index contributed by atoms with van der Waals surface area (Å²) < 4.78 is 0. The van der Waals surface area contributed by atoms with E-state index in [1.54, 1.807) is 6.07 Å². The minimum Gasteiger partial charge on any atom is -0.335 e. The van der Waals surface area contributed by atoms with Gasteiger partial charge in [-0.15, -0.1) is 10.2 Å². The first kappa shape index (κ1) is 16.9. The molecule has 5 nitrogen and oxygen atoms in total. The number of halogens is 1. The molecule has 0 saturated carbocycles. The minimum atomic E-state index is -0.0595. The molecule has 1 aromatic heterocycles. The lowest BCUT2D eigenvalue weighted by molar-refractivity contribution is 0.0728. The molecule has 6 heteroatoms. The molecule has 1 aliphatic rings. The van der Waals surface area contributed by atoms with Crippen LogP contribution in [0.3, 0.4) is 0 Å². The molecule has 2 heterocycles. The maximum absolute atomic E-state index is 12.4. The van der Waals surface area contributed by atoms with E-state index in [1.165, 1.54) is 0 Å². The van der Waals surface area contributed by atoms with Crippen molar-refractivity contribution in [3.63, 3.8) is 0 Å². The van der Waals surface area contributed by atoms with Crippen LogP contribution >= 0.6 is 11.6 Å². The maximum Gasteiger partial charge on any atom is 0.274 e. The highest BCUT2D eigenvalue weighted by Crippen LogP contribution is 2.30. The summed E-state index contributed by atoms with van der Waals surface area (Å²) in [5.41, 5.74) is 3.27. The number of nitrogens with zero attached hydrogens (tertiary/aromatic N) is 3. The van der Waals surface area contributed by atoms with Gasteiger partial charge in [0.2, 0.25) is 0 Å². The van der Waals surface area contributed by atoms with Gasteiger partial charge in [-0.25, -0.2) is 0 Å². The number of carbonyl (C=O) groups is 1. The third kappa shape index (κ3) is 3.57. The van der Waals surface area contributed by atoms with E-state index in [2.05, 4.69) is 29.4 Å². The molecule has 0 bridgehead atoms. The fraction of sp³-hybridized carbons (Fsp3) is 0.389. The highest BCUT2D eigenvalue weighted by Gasteiger charge is 2.20. The predicted octanol–water partition coefficient (Wildman–Crippen LogP) is 2.97. The van der Waals surface area contributed by atoms with Crippen LogP contribution in [0.5, 0.6) is 0 Å². The van der Waals surface area contributed by atoms with Crippen LogP contribution in [0.15, 0.2) is 30.3 Å². The molecule has 0 aliphatic carbocycles. The monoisotopic (exact) mass is 344 g/mol. The van der Waals surface area contributed by atoms with E-state index in [1.807, 2.05) is 29.2 Å². The Morgan fingerprint density at radius 1 is 1.17 bits per heavy atom. The van der Waals surface area contributed by atoms with Gasteiger partial charge in [0.15, 0.2) is 5.69 Å². The molecule has 126 valence electrons. The number of nitrogens with one attached hydrogen (secondary N) is 1. The van der Waals surface area contributed by atoms with Crippen LogP contribution in [0.2, 0.25) is 5.02 Å². The van der Waals surface area contributed by atoms with E-state index in [9.17, 15) is 4.79 Å². The highest BCUT2D eigenvalue weighted by atomic mass is 35.5. The number of aromatic nitrogens is 2. The largest absolute Gasteiger partial charge is 0.335 e. The van der Waals surface area contributed by atoms with Crippen molar-refractivity contribution in [3.05, 3.63) is 46.6 Å². The van der Waals surface area contributed by atoms with Gasteiger partial charge in [0, 0.05) is 36.8 Å². The van der Waals surface area contributed by atoms with E-state index >= 15 is 0 Å². The van der Waals surface area contributed by atoms with Crippen molar-refractivity contribution in [3.8, 4) is 11.3 Å². The Hall–Kier alpha value is -1.98. The zero-order valence-corrected chi connectivity index (χ0v) is 14.7. The fourth-order valence-electron chi connectivity index (χ4n) is 2.86. The first-order chi connectivity index (χ1) is 11.6. The Morgan fingerprint density at radius 2 is 1.92 bits per heavy atom. The van der Waals surface area contributed by atoms with Gasteiger partial charge in [-0.2, -0.15) is 0 Å². The van der Waals surface area contributed by atoms with Gasteiger partial charge in [-0.05, 0) is 35.7 Å². The average Bonchev–Trinajstić information content (AvgIpc) is 2.62. The van der Waals surface area contributed by atoms with Crippen molar-refractivity contribution in [2.45, 2.75) is 19.8 Å². The van der Waals surface area contributed by atoms with Crippen molar-refractivity contribution in [2.75, 3.05) is 26.2 Å². The normalized spacial score (nSPS) is 14.9. The molecule has 3 rings (SSSR count). The summed E-state index contributed by atoms with van der Waals surface area (Å²) in [4.78, 5) is 14.3. The molecule has 24 heavy (non-hydrogen) atoms. The van der Waals surface area contributed by atoms with Crippen molar-refractivity contribution < 1.29 is 4.79 Å². The third-order valence-electron chi connectivity index (χ3n) is 4.20. The molecule has 1 saturated heterocycles. The lowest BCUT2D eigenvalue weighted by Crippen LogP contribution is -2.46. The van der Waals surface area contributed by atoms with E-state index in [0.29, 0.717) is 29.7 Å². The molecule has 0 unspecified atom stereocenters. The number of carbonyl (C=O) groups excluding carboxylic acids is 1. The molecule has 1 aromatic carbocycles. The second-order valence-electron chi connectivity index (χ2n) is 6.23. The van der Waals surface area contributed by atoms with Gasteiger partial charge in [0.1, 0.15) is 0 Å². The molecule has 1 amide bonds. The molecular formula is C18H21ClN4O. The van der Waals surface area contributed by atoms with Crippen LogP contribution in [0.4, 0.5) is 0 Å². The lowest BCUT2D eigenvalue weighted by Gasteiger charge is -2.26. The lowest BCUT2D eigenvalue weighted by atomic mass is 9.95. The minimum absolute atomic E-state index is 0.0595. The summed E-state index contributed by atoms with van der Waals surface area (Å²) in [6, 6.07) is 9.38. The average molecular weight is 345 g/mol. The summed E-state index contributed by atoms with van der Waals surface area (Å²) >= 11 is 6.11. The smallest absolute Gasteiger partial charge is 0.274 e. The summed E-state index contributed by atoms with van der Waals surface area (Å²) in [5, 5.41) is 12.4. The molecule has 0 atom stereocenters. The number of piperazine rings is 1. The second-order valence-corrected chi connectivity index (χ2v) is 6.67.